The molecule has 1 amide bonds. The molecule has 5 rings (SSSR count). The molecule has 3 heterocycles. The highest BCUT2D eigenvalue weighted by Crippen LogP contribution is 2.41. The van der Waals surface area contributed by atoms with Gasteiger partial charge in [-0.1, -0.05) is 6.92 Å². The number of nitriles is 1. The van der Waals surface area contributed by atoms with Crippen LogP contribution in [0.2, 0.25) is 0 Å². The van der Waals surface area contributed by atoms with Gasteiger partial charge in [-0.2, -0.15) is 10.4 Å². The molecule has 2 aliphatic carbocycles. The average Bonchev–Trinajstić information content (AvgIpc) is 3.38. The molecule has 0 aliphatic heterocycles. The lowest BCUT2D eigenvalue weighted by atomic mass is 9.88. The molecule has 1 N–H and O–H groups in total. The molecule has 0 bridgehead atoms. The predicted molar refractivity (Wildman–Crippen MR) is 118 cm³/mol. The molecular formula is C23H25N5OS. The molecule has 1 atom stereocenters. The van der Waals surface area contributed by atoms with E-state index in [-0.39, 0.29) is 11.9 Å². The molecule has 3 aromatic heterocycles. The number of amides is 1. The van der Waals surface area contributed by atoms with Crippen molar-refractivity contribution in [2.24, 2.45) is 5.92 Å². The van der Waals surface area contributed by atoms with Gasteiger partial charge in [-0.3, -0.25) is 4.79 Å². The summed E-state index contributed by atoms with van der Waals surface area (Å²) in [6.45, 7) is 6.37. The molecule has 7 heteroatoms. The van der Waals surface area contributed by atoms with Crippen molar-refractivity contribution < 1.29 is 4.79 Å². The molecule has 1 fully saturated rings. The molecule has 0 aromatic carbocycles. The summed E-state index contributed by atoms with van der Waals surface area (Å²) in [6.07, 6.45) is 6.96. The van der Waals surface area contributed by atoms with E-state index in [9.17, 15) is 10.1 Å². The fourth-order valence-corrected chi connectivity index (χ4v) is 5.68. The van der Waals surface area contributed by atoms with Crippen molar-refractivity contribution in [2.45, 2.75) is 64.8 Å². The normalized spacial score (nSPS) is 18.4. The number of pyridine rings is 1. The SMILES string of the molecule is CC(C)n1ncc2c(C(=O)Nc3sc4c(c3C#N)CC[C@@H](C)C4)cc(C3CC3)nc21. The summed E-state index contributed by atoms with van der Waals surface area (Å²) in [5, 5.41) is 18.7. The molecular weight excluding hydrogens is 394 g/mol. The molecule has 1 saturated carbocycles. The van der Waals surface area contributed by atoms with Crippen molar-refractivity contribution in [2.75, 3.05) is 5.32 Å². The smallest absolute Gasteiger partial charge is 0.257 e. The van der Waals surface area contributed by atoms with E-state index in [2.05, 4.69) is 37.3 Å². The Morgan fingerprint density at radius 3 is 2.87 bits per heavy atom. The molecule has 2 aliphatic rings. The highest BCUT2D eigenvalue weighted by molar-refractivity contribution is 7.16. The van der Waals surface area contributed by atoms with Crippen LogP contribution in [0.4, 0.5) is 5.00 Å². The lowest BCUT2D eigenvalue weighted by molar-refractivity contribution is 0.102. The summed E-state index contributed by atoms with van der Waals surface area (Å²) in [6, 6.07) is 4.42. The maximum Gasteiger partial charge on any atom is 0.257 e. The number of carbonyl (C=O) groups is 1. The molecule has 3 aromatic rings. The fourth-order valence-electron chi connectivity index (χ4n) is 4.32. The summed E-state index contributed by atoms with van der Waals surface area (Å²) in [4.78, 5) is 19.4. The first kappa shape index (κ1) is 19.3. The lowest BCUT2D eigenvalue weighted by Crippen LogP contribution is -2.14. The van der Waals surface area contributed by atoms with Crippen LogP contribution in [-0.2, 0) is 12.8 Å². The third kappa shape index (κ3) is 3.20. The zero-order valence-corrected chi connectivity index (χ0v) is 18.3. The quantitative estimate of drug-likeness (QED) is 0.630. The van der Waals surface area contributed by atoms with E-state index in [1.165, 1.54) is 4.88 Å². The number of nitrogens with zero attached hydrogens (tertiary/aromatic N) is 4. The summed E-state index contributed by atoms with van der Waals surface area (Å²) < 4.78 is 1.88. The van der Waals surface area contributed by atoms with E-state index >= 15 is 0 Å². The topological polar surface area (TPSA) is 83.6 Å². The van der Waals surface area contributed by atoms with Crippen LogP contribution in [0.3, 0.4) is 0 Å². The highest BCUT2D eigenvalue weighted by Gasteiger charge is 2.29. The van der Waals surface area contributed by atoms with E-state index < -0.39 is 0 Å². The minimum Gasteiger partial charge on any atom is -0.312 e. The van der Waals surface area contributed by atoms with Crippen LogP contribution in [0.25, 0.3) is 11.0 Å². The molecule has 30 heavy (non-hydrogen) atoms. The van der Waals surface area contributed by atoms with E-state index in [1.54, 1.807) is 17.5 Å². The predicted octanol–water partition coefficient (Wildman–Crippen LogP) is 5.20. The zero-order valence-electron chi connectivity index (χ0n) is 17.5. The maximum atomic E-state index is 13.4. The lowest BCUT2D eigenvalue weighted by Gasteiger charge is -2.17. The number of carbonyl (C=O) groups excluding carboxylic acids is 1. The molecule has 6 nitrogen and oxygen atoms in total. The second-order valence-corrected chi connectivity index (χ2v) is 10.0. The Morgan fingerprint density at radius 2 is 2.17 bits per heavy atom. The van der Waals surface area contributed by atoms with E-state index in [1.807, 2.05) is 10.7 Å². The molecule has 0 spiro atoms. The zero-order chi connectivity index (χ0) is 21.0. The highest BCUT2D eigenvalue weighted by atomic mass is 32.1. The Kier molecular flexibility index (Phi) is 4.62. The van der Waals surface area contributed by atoms with E-state index in [4.69, 9.17) is 4.98 Å². The van der Waals surface area contributed by atoms with Crippen molar-refractivity contribution >= 4 is 33.3 Å². The number of hydrogen-bond acceptors (Lipinski definition) is 5. The molecule has 0 radical (unpaired) electrons. The maximum absolute atomic E-state index is 13.4. The van der Waals surface area contributed by atoms with Crippen LogP contribution in [0, 0.1) is 17.2 Å². The Bertz CT molecular complexity index is 1190. The van der Waals surface area contributed by atoms with Crippen molar-refractivity contribution in [3.8, 4) is 6.07 Å². The summed E-state index contributed by atoms with van der Waals surface area (Å²) in [5.74, 6) is 0.867. The van der Waals surface area contributed by atoms with Gasteiger partial charge < -0.3 is 5.32 Å². The first-order valence-electron chi connectivity index (χ1n) is 10.7. The van der Waals surface area contributed by atoms with Crippen molar-refractivity contribution in [1.82, 2.24) is 14.8 Å². The van der Waals surface area contributed by atoms with E-state index in [0.717, 1.165) is 54.4 Å². The Labute approximate surface area is 179 Å². The summed E-state index contributed by atoms with van der Waals surface area (Å²) in [5.41, 5.74) is 4.09. The second kappa shape index (κ2) is 7.21. The van der Waals surface area contributed by atoms with Gasteiger partial charge in [0.15, 0.2) is 5.65 Å². The average molecular weight is 420 g/mol. The van der Waals surface area contributed by atoms with Gasteiger partial charge >= 0.3 is 0 Å². The van der Waals surface area contributed by atoms with Crippen LogP contribution < -0.4 is 5.32 Å². The molecule has 0 saturated heterocycles. The Hall–Kier alpha value is -2.72. The van der Waals surface area contributed by atoms with Gasteiger partial charge in [0.2, 0.25) is 0 Å². The van der Waals surface area contributed by atoms with Crippen molar-refractivity contribution in [3.05, 3.63) is 39.5 Å². The summed E-state index contributed by atoms with van der Waals surface area (Å²) >= 11 is 1.56. The minimum absolute atomic E-state index is 0.163. The number of rotatable bonds is 4. The largest absolute Gasteiger partial charge is 0.312 e. The van der Waals surface area contributed by atoms with Crippen molar-refractivity contribution in [3.63, 3.8) is 0 Å². The number of fused-ring (bicyclic) bond motifs is 2. The monoisotopic (exact) mass is 419 g/mol. The van der Waals surface area contributed by atoms with Gasteiger partial charge in [0.25, 0.3) is 5.91 Å². The first-order chi connectivity index (χ1) is 14.5. The second-order valence-electron chi connectivity index (χ2n) is 8.91. The third-order valence-corrected chi connectivity index (χ3v) is 7.34. The number of nitrogens with one attached hydrogen (secondary N) is 1. The van der Waals surface area contributed by atoms with Gasteiger partial charge in [-0.05, 0) is 63.5 Å². The van der Waals surface area contributed by atoms with Crippen molar-refractivity contribution in [1.29, 1.82) is 5.26 Å². The van der Waals surface area contributed by atoms with Crippen LogP contribution in [0.1, 0.15) is 84.0 Å². The van der Waals surface area contributed by atoms with Gasteiger partial charge in [0.1, 0.15) is 11.1 Å². The van der Waals surface area contributed by atoms with Crippen LogP contribution in [0.15, 0.2) is 12.3 Å². The fraction of sp³-hybridized carbons (Fsp3) is 0.478. The number of anilines is 1. The number of thiophene rings is 1. The first-order valence-corrected chi connectivity index (χ1v) is 11.5. The Balaban J connectivity index is 1.55. The number of hydrogen-bond donors (Lipinski definition) is 1. The minimum atomic E-state index is -0.184. The molecule has 154 valence electrons. The summed E-state index contributed by atoms with van der Waals surface area (Å²) in [7, 11) is 0. The van der Waals surface area contributed by atoms with E-state index in [0.29, 0.717) is 28.0 Å². The van der Waals surface area contributed by atoms with Crippen LogP contribution in [-0.4, -0.2) is 20.7 Å². The molecule has 0 unspecified atom stereocenters. The van der Waals surface area contributed by atoms with Gasteiger partial charge in [0, 0.05) is 22.5 Å². The Morgan fingerprint density at radius 1 is 1.37 bits per heavy atom. The van der Waals surface area contributed by atoms with Gasteiger partial charge in [-0.25, -0.2) is 9.67 Å². The standard InChI is InChI=1S/C23H25N5OS/c1-12(2)28-21-18(11-25-28)16(9-19(26-21)14-5-6-14)22(29)27-23-17(10-24)15-7-4-13(3)8-20(15)30-23/h9,11-14H,4-8H2,1-3H3,(H,27,29)/t13-/m1/s1. The third-order valence-electron chi connectivity index (χ3n) is 6.17. The van der Waals surface area contributed by atoms with Gasteiger partial charge in [-0.15, -0.1) is 11.3 Å². The van der Waals surface area contributed by atoms with Gasteiger partial charge in [0.05, 0.1) is 22.7 Å². The van der Waals surface area contributed by atoms with Crippen LogP contribution >= 0.6 is 11.3 Å². The number of aromatic nitrogens is 3. The van der Waals surface area contributed by atoms with Crippen LogP contribution in [0.5, 0.6) is 0 Å².